The molecule has 1 saturated carbocycles. The molecule has 1 aliphatic rings. The molecule has 11 heteroatoms. The van der Waals surface area contributed by atoms with Gasteiger partial charge in [-0.25, -0.2) is 4.98 Å². The molecule has 5 rings (SSSR count). The molecule has 3 aromatic heterocycles. The Morgan fingerprint density at radius 2 is 1.86 bits per heavy atom. The number of ether oxygens (including phenoxy) is 2. The van der Waals surface area contributed by atoms with Gasteiger partial charge in [0, 0.05) is 11.3 Å². The second kappa shape index (κ2) is 9.49. The maximum atomic E-state index is 14.0. The zero-order valence-corrected chi connectivity index (χ0v) is 20.5. The molecule has 1 aromatic carbocycles. The fourth-order valence-corrected chi connectivity index (χ4v) is 5.12. The normalized spacial score (nSPS) is 13.9. The number of hydrogen-bond donors (Lipinski definition) is 1. The monoisotopic (exact) mass is 495 g/mol. The Morgan fingerprint density at radius 3 is 2.49 bits per heavy atom. The molecule has 0 spiro atoms. The molecule has 0 unspecified atom stereocenters. The van der Waals surface area contributed by atoms with Crippen molar-refractivity contribution in [1.82, 2.24) is 24.7 Å². The summed E-state index contributed by atoms with van der Waals surface area (Å²) in [6.45, 7) is 1.91. The van der Waals surface area contributed by atoms with Crippen molar-refractivity contribution in [2.45, 2.75) is 44.9 Å². The first-order valence-electron chi connectivity index (χ1n) is 11.3. The number of methoxy groups -OCH3 is 2. The zero-order chi connectivity index (χ0) is 24.5. The summed E-state index contributed by atoms with van der Waals surface area (Å²) >= 11 is 1.52. The van der Waals surface area contributed by atoms with E-state index in [0.29, 0.717) is 29.4 Å². The Balaban J connectivity index is 1.69. The minimum Gasteiger partial charge on any atom is -0.494 e. The number of aryl methyl sites for hydroxylation is 1. The van der Waals surface area contributed by atoms with Gasteiger partial charge in [0.1, 0.15) is 23.0 Å². The molecule has 35 heavy (non-hydrogen) atoms. The van der Waals surface area contributed by atoms with Gasteiger partial charge in [-0.3, -0.25) is 9.36 Å². The van der Waals surface area contributed by atoms with Gasteiger partial charge in [0.2, 0.25) is 11.8 Å². The Hall–Kier alpha value is -3.73. The summed E-state index contributed by atoms with van der Waals surface area (Å²) in [6, 6.07) is 5.27. The molecule has 0 radical (unpaired) electrons. The summed E-state index contributed by atoms with van der Waals surface area (Å²) in [4.78, 5) is 22.9. The molecule has 0 aliphatic heterocycles. The number of para-hydroxylation sites is 1. The van der Waals surface area contributed by atoms with Crippen molar-refractivity contribution in [1.29, 1.82) is 0 Å². The first-order chi connectivity index (χ1) is 17.0. The van der Waals surface area contributed by atoms with Gasteiger partial charge in [-0.1, -0.05) is 18.9 Å². The van der Waals surface area contributed by atoms with Crippen LogP contribution < -0.4 is 15.0 Å². The van der Waals surface area contributed by atoms with E-state index in [1.807, 2.05) is 12.3 Å². The van der Waals surface area contributed by atoms with Crippen LogP contribution in [0.15, 0.2) is 32.8 Å². The van der Waals surface area contributed by atoms with Gasteiger partial charge in [0.25, 0.3) is 11.4 Å². The van der Waals surface area contributed by atoms with E-state index in [4.69, 9.17) is 13.9 Å². The van der Waals surface area contributed by atoms with Crippen molar-refractivity contribution in [3.8, 4) is 34.5 Å². The molecule has 1 fully saturated rings. The van der Waals surface area contributed by atoms with Crippen LogP contribution in [0.5, 0.6) is 17.4 Å². The summed E-state index contributed by atoms with van der Waals surface area (Å²) in [7, 11) is 3.05. The van der Waals surface area contributed by atoms with E-state index >= 15 is 0 Å². The Bertz CT molecular complexity index is 1400. The number of hydrogen-bond acceptors (Lipinski definition) is 10. The van der Waals surface area contributed by atoms with Crippen LogP contribution in [0.3, 0.4) is 0 Å². The van der Waals surface area contributed by atoms with E-state index in [1.165, 1.54) is 30.1 Å². The van der Waals surface area contributed by atoms with E-state index in [0.717, 1.165) is 36.4 Å². The van der Waals surface area contributed by atoms with Crippen LogP contribution in [0.4, 0.5) is 0 Å². The second-order valence-corrected chi connectivity index (χ2v) is 9.40. The van der Waals surface area contributed by atoms with Crippen LogP contribution in [0.1, 0.15) is 54.0 Å². The molecular weight excluding hydrogens is 470 g/mol. The van der Waals surface area contributed by atoms with Gasteiger partial charge in [-0.05, 0) is 31.9 Å². The quantitative estimate of drug-likeness (QED) is 0.404. The van der Waals surface area contributed by atoms with E-state index in [2.05, 4.69) is 20.2 Å². The maximum Gasteiger partial charge on any atom is 0.275 e. The summed E-state index contributed by atoms with van der Waals surface area (Å²) < 4.78 is 18.4. The third-order valence-electron chi connectivity index (χ3n) is 6.12. The standard InChI is InChI=1S/C24H25N5O5S/c1-13-25-15(12-35-13)11-18-27-28-23(34-18)19-22(30)26-21(14-7-4-5-8-14)29(24(19)31)20-16(32-2)9-6-10-17(20)33-3/h6,9-10,12,14,30H,4-5,7-8,11H2,1-3H3. The van der Waals surface area contributed by atoms with E-state index < -0.39 is 11.4 Å². The molecule has 1 N–H and O–H groups in total. The molecule has 182 valence electrons. The lowest BCUT2D eigenvalue weighted by Crippen LogP contribution is -2.27. The SMILES string of the molecule is COc1cccc(OC)c1-n1c(C2CCCC2)nc(O)c(-c2nnc(Cc3csc(C)n3)o2)c1=O. The fraction of sp³-hybridized carbons (Fsp3) is 0.375. The minimum atomic E-state index is -0.540. The largest absolute Gasteiger partial charge is 0.494 e. The maximum absolute atomic E-state index is 14.0. The Kier molecular flexibility index (Phi) is 6.25. The number of nitrogens with zero attached hydrogens (tertiary/aromatic N) is 5. The molecular formula is C24H25N5O5S. The van der Waals surface area contributed by atoms with Crippen molar-refractivity contribution >= 4 is 11.3 Å². The molecule has 3 heterocycles. The van der Waals surface area contributed by atoms with Gasteiger partial charge in [-0.2, -0.15) is 4.98 Å². The Labute approximate surface area is 205 Å². The smallest absolute Gasteiger partial charge is 0.275 e. The van der Waals surface area contributed by atoms with Crippen LogP contribution in [-0.4, -0.2) is 44.1 Å². The lowest BCUT2D eigenvalue weighted by atomic mass is 10.1. The van der Waals surface area contributed by atoms with Gasteiger partial charge >= 0.3 is 0 Å². The van der Waals surface area contributed by atoms with E-state index in [9.17, 15) is 9.90 Å². The topological polar surface area (TPSA) is 125 Å². The molecule has 10 nitrogen and oxygen atoms in total. The molecule has 0 amide bonds. The van der Waals surface area contributed by atoms with E-state index in [-0.39, 0.29) is 23.3 Å². The number of aromatic hydroxyl groups is 1. The van der Waals surface area contributed by atoms with Gasteiger partial charge in [-0.15, -0.1) is 21.5 Å². The highest BCUT2D eigenvalue weighted by atomic mass is 32.1. The van der Waals surface area contributed by atoms with Crippen molar-refractivity contribution in [2.24, 2.45) is 0 Å². The average molecular weight is 496 g/mol. The van der Waals surface area contributed by atoms with Crippen LogP contribution >= 0.6 is 11.3 Å². The Morgan fingerprint density at radius 1 is 1.14 bits per heavy atom. The second-order valence-electron chi connectivity index (χ2n) is 8.34. The molecule has 0 saturated heterocycles. The van der Waals surface area contributed by atoms with Crippen LogP contribution in [0, 0.1) is 6.92 Å². The lowest BCUT2D eigenvalue weighted by Gasteiger charge is -2.21. The van der Waals surface area contributed by atoms with Gasteiger partial charge < -0.3 is 19.0 Å². The van der Waals surface area contributed by atoms with Crippen molar-refractivity contribution in [3.63, 3.8) is 0 Å². The summed E-state index contributed by atoms with van der Waals surface area (Å²) in [5.41, 5.74) is 0.489. The summed E-state index contributed by atoms with van der Waals surface area (Å²) in [5, 5.41) is 21.8. The number of rotatable bonds is 7. The van der Waals surface area contributed by atoms with E-state index in [1.54, 1.807) is 18.2 Å². The van der Waals surface area contributed by atoms with Crippen molar-refractivity contribution in [2.75, 3.05) is 14.2 Å². The minimum absolute atomic E-state index is 0.00317. The molecule has 0 atom stereocenters. The third kappa shape index (κ3) is 4.27. The van der Waals surface area contributed by atoms with Crippen LogP contribution in [-0.2, 0) is 6.42 Å². The van der Waals surface area contributed by atoms with Crippen molar-refractivity contribution in [3.05, 3.63) is 56.3 Å². The zero-order valence-electron chi connectivity index (χ0n) is 19.6. The lowest BCUT2D eigenvalue weighted by molar-refractivity contribution is 0.387. The number of aromatic nitrogens is 5. The highest BCUT2D eigenvalue weighted by molar-refractivity contribution is 7.09. The average Bonchev–Trinajstić information content (AvgIpc) is 3.62. The first kappa shape index (κ1) is 23.0. The number of thiazole rings is 1. The van der Waals surface area contributed by atoms with Gasteiger partial charge in [0.05, 0.1) is 31.3 Å². The molecule has 4 aromatic rings. The highest BCUT2D eigenvalue weighted by Crippen LogP contribution is 2.39. The van der Waals surface area contributed by atoms with Gasteiger partial charge in [0.15, 0.2) is 5.56 Å². The van der Waals surface area contributed by atoms with Crippen LogP contribution in [0.2, 0.25) is 0 Å². The summed E-state index contributed by atoms with van der Waals surface area (Å²) in [5.74, 6) is 1.07. The van der Waals surface area contributed by atoms with Crippen LogP contribution in [0.25, 0.3) is 17.1 Å². The molecule has 0 bridgehead atoms. The fourth-order valence-electron chi connectivity index (χ4n) is 4.51. The number of benzene rings is 1. The van der Waals surface area contributed by atoms with Crippen molar-refractivity contribution < 1.29 is 19.0 Å². The molecule has 1 aliphatic carbocycles. The third-order valence-corrected chi connectivity index (χ3v) is 6.94. The highest BCUT2D eigenvalue weighted by Gasteiger charge is 2.31. The summed E-state index contributed by atoms with van der Waals surface area (Å²) in [6.07, 6.45) is 4.09. The predicted molar refractivity (Wildman–Crippen MR) is 129 cm³/mol. The first-order valence-corrected chi connectivity index (χ1v) is 12.2. The predicted octanol–water partition coefficient (Wildman–Crippen LogP) is 4.02.